The van der Waals surface area contributed by atoms with Gasteiger partial charge in [-0.05, 0) is 152 Å². The molecule has 0 saturated carbocycles. The summed E-state index contributed by atoms with van der Waals surface area (Å²) in [5, 5.41) is 5.46. The van der Waals surface area contributed by atoms with Gasteiger partial charge in [0.25, 0.3) is 0 Å². The SMILES string of the molecule is CC(C)(C)OC(=O)N[C@@H](CC1=C[N+](C(=O)[C@H](Cc2ccc(OC(C)(C)C)cc2)NC(=O)[C@H](Cc2ccc(N)cc2)N(C(=O)OCC2c3ccccc3-c3ccccc32)C(=O)OC(C)(C)C)(C(=O)[C@@H](N)CCCCN)c2ccccc21)C(N)=O. The zero-order valence-electron chi connectivity index (χ0n) is 48.9. The first kappa shape index (κ1) is 62.2. The number of fused-ring (bicyclic) bond motifs is 4. The molecule has 5 aromatic rings. The number of hydrogen-bond acceptors (Lipinski definition) is 14. The highest BCUT2D eigenvalue weighted by Crippen LogP contribution is 2.46. The molecule has 5 aromatic carbocycles. The Balaban J connectivity index is 1.37. The van der Waals surface area contributed by atoms with Crippen molar-refractivity contribution in [3.8, 4) is 16.9 Å². The average Bonchev–Trinajstić information content (AvgIpc) is 2.27. The van der Waals surface area contributed by atoms with Crippen LogP contribution in [0.1, 0.15) is 122 Å². The number of imide groups is 2. The molecule has 440 valence electrons. The van der Waals surface area contributed by atoms with E-state index in [0.29, 0.717) is 52.4 Å². The van der Waals surface area contributed by atoms with Gasteiger partial charge in [-0.3, -0.25) is 9.59 Å². The number of para-hydroxylation sites is 1. The van der Waals surface area contributed by atoms with E-state index in [2.05, 4.69) is 10.6 Å². The van der Waals surface area contributed by atoms with Gasteiger partial charge in [-0.25, -0.2) is 24.0 Å². The number of nitrogens with two attached hydrogens (primary N) is 4. The molecule has 1 aliphatic heterocycles. The lowest BCUT2D eigenvalue weighted by Crippen LogP contribution is -2.66. The van der Waals surface area contributed by atoms with E-state index < -0.39 is 93.3 Å². The number of anilines is 1. The first-order valence-electron chi connectivity index (χ1n) is 27.9. The summed E-state index contributed by atoms with van der Waals surface area (Å²) in [5.41, 5.74) is 27.9. The predicted molar refractivity (Wildman–Crippen MR) is 318 cm³/mol. The molecular weight excluding hydrogens is 1060 g/mol. The van der Waals surface area contributed by atoms with Crippen molar-refractivity contribution in [3.63, 3.8) is 0 Å². The number of ether oxygens (including phenoxy) is 4. The summed E-state index contributed by atoms with van der Waals surface area (Å²) >= 11 is 0. The molecule has 10 N–H and O–H groups in total. The van der Waals surface area contributed by atoms with Crippen LogP contribution in [-0.4, -0.2) is 101 Å². The number of quaternary nitrogens is 1. The Kier molecular flexibility index (Phi) is 19.4. The third-order valence-electron chi connectivity index (χ3n) is 14.0. The van der Waals surface area contributed by atoms with Gasteiger partial charge < -0.3 is 52.5 Å². The minimum absolute atomic E-state index is 0.111. The average molecular weight is 1140 g/mol. The van der Waals surface area contributed by atoms with Crippen molar-refractivity contribution in [2.24, 2.45) is 17.2 Å². The largest absolute Gasteiger partial charge is 0.488 e. The number of alkyl carbamates (subject to hydrolysis) is 1. The molecule has 2 aliphatic rings. The lowest BCUT2D eigenvalue weighted by atomic mass is 9.98. The van der Waals surface area contributed by atoms with Gasteiger partial charge in [0.1, 0.15) is 59.5 Å². The molecule has 0 fully saturated rings. The molecule has 0 saturated heterocycles. The second-order valence-corrected chi connectivity index (χ2v) is 24.0. The van der Waals surface area contributed by atoms with Gasteiger partial charge in [0, 0.05) is 48.1 Å². The number of hydrogen-bond donors (Lipinski definition) is 6. The number of benzene rings is 5. The Morgan fingerprint density at radius 2 is 1.17 bits per heavy atom. The highest BCUT2D eigenvalue weighted by atomic mass is 16.6. The van der Waals surface area contributed by atoms with E-state index in [0.717, 1.165) is 22.3 Å². The fourth-order valence-corrected chi connectivity index (χ4v) is 10.3. The number of carbonyl (C=O) groups is 7. The molecule has 1 unspecified atom stereocenters. The molecule has 5 atom stereocenters. The summed E-state index contributed by atoms with van der Waals surface area (Å²) in [6, 6.07) is 29.2. The fraction of sp³-hybridized carbons (Fsp3) is 0.391. The summed E-state index contributed by atoms with van der Waals surface area (Å²) < 4.78 is 22.4. The Hall–Kier alpha value is -8.39. The number of nitrogen functional groups attached to an aromatic ring is 1. The van der Waals surface area contributed by atoms with Crippen LogP contribution in [0.5, 0.6) is 5.75 Å². The van der Waals surface area contributed by atoms with Crippen LogP contribution in [-0.2, 0) is 46.2 Å². The van der Waals surface area contributed by atoms with Gasteiger partial charge in [-0.15, -0.1) is 4.48 Å². The maximum absolute atomic E-state index is 16.5. The molecule has 0 spiro atoms. The number of rotatable bonds is 20. The van der Waals surface area contributed by atoms with E-state index >= 15 is 19.2 Å². The zero-order chi connectivity index (χ0) is 60.6. The Morgan fingerprint density at radius 1 is 0.614 bits per heavy atom. The van der Waals surface area contributed by atoms with Crippen LogP contribution < -0.4 is 42.8 Å². The first-order chi connectivity index (χ1) is 39.1. The maximum atomic E-state index is 16.5. The van der Waals surface area contributed by atoms with Crippen LogP contribution in [0.25, 0.3) is 16.7 Å². The molecule has 7 amide bonds. The van der Waals surface area contributed by atoms with Gasteiger partial charge in [0.15, 0.2) is 5.69 Å². The van der Waals surface area contributed by atoms with E-state index in [1.807, 2.05) is 69.3 Å². The lowest BCUT2D eigenvalue weighted by Gasteiger charge is -2.34. The van der Waals surface area contributed by atoms with Crippen molar-refractivity contribution in [1.82, 2.24) is 20.0 Å². The second kappa shape index (κ2) is 25.8. The van der Waals surface area contributed by atoms with Gasteiger partial charge in [-0.2, -0.15) is 4.90 Å². The molecule has 0 radical (unpaired) electrons. The normalized spacial score (nSPS) is 16.1. The topological polar surface area (TPSA) is 288 Å². The van der Waals surface area contributed by atoms with E-state index in [-0.39, 0.29) is 43.6 Å². The minimum atomic E-state index is -1.78. The van der Waals surface area contributed by atoms with E-state index in [9.17, 15) is 14.4 Å². The summed E-state index contributed by atoms with van der Waals surface area (Å²) in [6.45, 7) is 15.6. The first-order valence-corrected chi connectivity index (χ1v) is 27.9. The zero-order valence-corrected chi connectivity index (χ0v) is 48.9. The number of carbonyl (C=O) groups excluding carboxylic acids is 7. The molecule has 83 heavy (non-hydrogen) atoms. The lowest BCUT2D eigenvalue weighted by molar-refractivity contribution is -0.144. The number of amides is 7. The summed E-state index contributed by atoms with van der Waals surface area (Å²) in [5.74, 6) is -3.55. The third-order valence-corrected chi connectivity index (χ3v) is 14.0. The number of nitrogens with one attached hydrogen (secondary N) is 2. The van der Waals surface area contributed by atoms with Crippen molar-refractivity contribution >= 4 is 58.9 Å². The summed E-state index contributed by atoms with van der Waals surface area (Å²) in [6.07, 6.45) is -1.83. The smallest absolute Gasteiger partial charge is 0.420 e. The number of unbranched alkanes of at least 4 members (excludes halogenated alkanes) is 1. The quantitative estimate of drug-likeness (QED) is 0.0184. The van der Waals surface area contributed by atoms with Gasteiger partial charge in [0.2, 0.25) is 11.8 Å². The summed E-state index contributed by atoms with van der Waals surface area (Å²) in [4.78, 5) is 105. The molecule has 0 aromatic heterocycles. The molecule has 19 nitrogen and oxygen atoms in total. The Bertz CT molecular complexity index is 3190. The van der Waals surface area contributed by atoms with Crippen molar-refractivity contribution < 1.29 is 52.5 Å². The van der Waals surface area contributed by atoms with Crippen LogP contribution in [0.3, 0.4) is 0 Å². The highest BCUT2D eigenvalue weighted by Gasteiger charge is 2.56. The molecule has 7 rings (SSSR count). The van der Waals surface area contributed by atoms with Crippen LogP contribution >= 0.6 is 0 Å². The third kappa shape index (κ3) is 15.4. The number of primary amides is 1. The second-order valence-electron chi connectivity index (χ2n) is 24.0. The van der Waals surface area contributed by atoms with Gasteiger partial charge in [-0.1, -0.05) is 84.9 Å². The van der Waals surface area contributed by atoms with Crippen LogP contribution in [0.4, 0.5) is 25.8 Å². The number of nitrogens with zero attached hydrogens (tertiary/aromatic N) is 2. The van der Waals surface area contributed by atoms with Crippen molar-refractivity contribution in [2.75, 3.05) is 18.9 Å². The molecule has 1 aliphatic carbocycles. The summed E-state index contributed by atoms with van der Waals surface area (Å²) in [7, 11) is 0. The van der Waals surface area contributed by atoms with E-state index in [4.69, 9.17) is 41.9 Å². The molecule has 19 heteroatoms. The van der Waals surface area contributed by atoms with Crippen LogP contribution in [0, 0.1) is 0 Å². The van der Waals surface area contributed by atoms with Crippen molar-refractivity contribution in [1.29, 1.82) is 0 Å². The van der Waals surface area contributed by atoms with Gasteiger partial charge in [0.05, 0.1) is 0 Å². The maximum Gasteiger partial charge on any atom is 0.420 e. The molecular formula is C64H79N8O11+. The van der Waals surface area contributed by atoms with Gasteiger partial charge >= 0.3 is 30.1 Å². The minimum Gasteiger partial charge on any atom is -0.488 e. The van der Waals surface area contributed by atoms with Crippen molar-refractivity contribution in [3.05, 3.63) is 155 Å². The standard InChI is InChI=1S/C64H78N8O11/c1-62(2,3)81-43-31-27-39(28-32-43)34-52(58(76)72(57(75)50(67)23-16-17-33-65)37-41(44-18-14-15-24-54(44)72)36-51(55(68)73)70-59(77)82-63(4,5)6)69-56(74)53(35-40-25-29-42(66)30-26-40)71(61(79)83-64(7,8)9)60(78)80-38-49-47-21-12-10-19-45(47)46-20-11-13-22-48(46)49/h10-15,18-22,24-32,37,49-53H,16-17,23,33-36,38,65-67H2,1-9H3,(H3-,68,69,70,73,74,77)/p+1/t50-,51-,52-,53-,72?/m0/s1. The highest BCUT2D eigenvalue weighted by molar-refractivity contribution is 6.18. The Morgan fingerprint density at radius 3 is 1.73 bits per heavy atom. The van der Waals surface area contributed by atoms with E-state index in [1.54, 1.807) is 114 Å². The molecule has 1 heterocycles. The molecule has 0 bridgehead atoms. The monoisotopic (exact) mass is 1140 g/mol. The van der Waals surface area contributed by atoms with Crippen LogP contribution in [0.2, 0.25) is 0 Å². The van der Waals surface area contributed by atoms with E-state index in [1.165, 1.54) is 6.20 Å². The van der Waals surface area contributed by atoms with Crippen molar-refractivity contribution in [2.45, 2.75) is 148 Å². The fourth-order valence-electron chi connectivity index (χ4n) is 10.3. The Labute approximate surface area is 485 Å². The predicted octanol–water partition coefficient (Wildman–Crippen LogP) is 8.91. The van der Waals surface area contributed by atoms with Crippen LogP contribution in [0.15, 0.2) is 128 Å².